The first kappa shape index (κ1) is 25.5. The first-order valence-electron chi connectivity index (χ1n) is 13.1. The molecule has 5 rings (SSSR count). The Kier molecular flexibility index (Phi) is 7.33. The molecule has 1 aromatic heterocycles. The number of methoxy groups -OCH3 is 1. The lowest BCUT2D eigenvalue weighted by Gasteiger charge is -2.29. The number of nitrogens with zero attached hydrogens (tertiary/aromatic N) is 1. The SMILES string of the molecule is COC(=O)C1(c2ccc(C3CCC(c4snc(C)c4NC(=O)O[C@H](C)c4ccccc4)CC3)cc2)CC1. The number of anilines is 1. The molecule has 0 saturated heterocycles. The number of carbonyl (C=O) groups is 2. The second-order valence-corrected chi connectivity index (χ2v) is 11.1. The molecule has 1 atom stereocenters. The monoisotopic (exact) mass is 518 g/mol. The van der Waals surface area contributed by atoms with Crippen molar-refractivity contribution in [3.8, 4) is 0 Å². The number of carbonyl (C=O) groups excluding carboxylic acids is 2. The number of esters is 1. The van der Waals surface area contributed by atoms with Gasteiger partial charge in [0.2, 0.25) is 0 Å². The average Bonchev–Trinajstić information content (AvgIpc) is 3.67. The Hall–Kier alpha value is -3.19. The van der Waals surface area contributed by atoms with Crippen LogP contribution in [0.25, 0.3) is 0 Å². The molecule has 6 nitrogen and oxygen atoms in total. The van der Waals surface area contributed by atoms with Crippen LogP contribution in [-0.4, -0.2) is 23.5 Å². The smallest absolute Gasteiger partial charge is 0.412 e. The number of hydrogen-bond donors (Lipinski definition) is 1. The van der Waals surface area contributed by atoms with E-state index in [0.717, 1.165) is 65.9 Å². The number of ether oxygens (including phenoxy) is 2. The van der Waals surface area contributed by atoms with Gasteiger partial charge in [-0.15, -0.1) is 0 Å². The molecule has 1 amide bonds. The Bertz CT molecular complexity index is 1240. The maximum absolute atomic E-state index is 12.7. The van der Waals surface area contributed by atoms with Gasteiger partial charge in [-0.05, 0) is 92.4 Å². The van der Waals surface area contributed by atoms with E-state index in [1.807, 2.05) is 44.2 Å². The fraction of sp³-hybridized carbons (Fsp3) is 0.433. The zero-order chi connectivity index (χ0) is 26.0. The molecule has 1 heterocycles. The topological polar surface area (TPSA) is 77.5 Å². The van der Waals surface area contributed by atoms with Gasteiger partial charge in [-0.1, -0.05) is 54.6 Å². The maximum atomic E-state index is 12.7. The number of hydrogen-bond acceptors (Lipinski definition) is 6. The number of rotatable bonds is 7. The Balaban J connectivity index is 1.19. The minimum absolute atomic E-state index is 0.122. The third kappa shape index (κ3) is 5.28. The van der Waals surface area contributed by atoms with Crippen LogP contribution in [0.2, 0.25) is 0 Å². The van der Waals surface area contributed by atoms with Crippen molar-refractivity contribution in [3.63, 3.8) is 0 Å². The molecule has 0 spiro atoms. The van der Waals surface area contributed by atoms with Crippen LogP contribution in [0.1, 0.15) is 90.6 Å². The molecule has 1 N–H and O–H groups in total. The molecule has 194 valence electrons. The van der Waals surface area contributed by atoms with E-state index in [9.17, 15) is 9.59 Å². The number of aromatic nitrogens is 1. The molecule has 3 aromatic rings. The highest BCUT2D eigenvalue weighted by molar-refractivity contribution is 7.06. The molecule has 2 aliphatic carbocycles. The summed E-state index contributed by atoms with van der Waals surface area (Å²) in [5.74, 6) is 0.752. The highest BCUT2D eigenvalue weighted by Crippen LogP contribution is 2.50. The van der Waals surface area contributed by atoms with Crippen LogP contribution < -0.4 is 5.32 Å². The molecule has 2 fully saturated rings. The second kappa shape index (κ2) is 10.7. The van der Waals surface area contributed by atoms with Crippen LogP contribution in [0.3, 0.4) is 0 Å². The Morgan fingerprint density at radius 2 is 1.65 bits per heavy atom. The van der Waals surface area contributed by atoms with Gasteiger partial charge in [0.25, 0.3) is 0 Å². The van der Waals surface area contributed by atoms with E-state index in [2.05, 4.69) is 34.0 Å². The summed E-state index contributed by atoms with van der Waals surface area (Å²) < 4.78 is 15.2. The molecule has 2 saturated carbocycles. The molecular formula is C30H34N2O4S. The zero-order valence-electron chi connectivity index (χ0n) is 21.7. The van der Waals surface area contributed by atoms with E-state index in [-0.39, 0.29) is 12.1 Å². The summed E-state index contributed by atoms with van der Waals surface area (Å²) in [6, 6.07) is 18.3. The quantitative estimate of drug-likeness (QED) is 0.330. The lowest BCUT2D eigenvalue weighted by Crippen LogP contribution is -2.22. The van der Waals surface area contributed by atoms with Crippen molar-refractivity contribution in [2.24, 2.45) is 0 Å². The third-order valence-electron chi connectivity index (χ3n) is 8.03. The number of benzene rings is 2. The van der Waals surface area contributed by atoms with Crippen LogP contribution in [0.5, 0.6) is 0 Å². The van der Waals surface area contributed by atoms with E-state index in [1.54, 1.807) is 0 Å². The van der Waals surface area contributed by atoms with Crippen LogP contribution in [-0.2, 0) is 19.7 Å². The van der Waals surface area contributed by atoms with Gasteiger partial charge in [0.05, 0.1) is 28.8 Å². The van der Waals surface area contributed by atoms with Gasteiger partial charge in [-0.25, -0.2) is 4.79 Å². The van der Waals surface area contributed by atoms with Gasteiger partial charge in [0.15, 0.2) is 0 Å². The van der Waals surface area contributed by atoms with E-state index in [1.165, 1.54) is 24.2 Å². The number of nitrogens with one attached hydrogen (secondary N) is 1. The molecule has 0 unspecified atom stereocenters. The van der Waals surface area contributed by atoms with Crippen molar-refractivity contribution in [1.29, 1.82) is 0 Å². The van der Waals surface area contributed by atoms with Gasteiger partial charge in [0, 0.05) is 0 Å². The van der Waals surface area contributed by atoms with Gasteiger partial charge in [0.1, 0.15) is 6.10 Å². The molecule has 7 heteroatoms. The normalized spacial score (nSPS) is 21.1. The molecule has 37 heavy (non-hydrogen) atoms. The minimum Gasteiger partial charge on any atom is -0.468 e. The summed E-state index contributed by atoms with van der Waals surface area (Å²) in [7, 11) is 1.47. The van der Waals surface area contributed by atoms with E-state index < -0.39 is 11.5 Å². The summed E-state index contributed by atoms with van der Waals surface area (Å²) in [5.41, 5.74) is 4.59. The summed E-state index contributed by atoms with van der Waals surface area (Å²) in [6.45, 7) is 3.81. The van der Waals surface area contributed by atoms with E-state index in [0.29, 0.717) is 11.8 Å². The first-order valence-corrected chi connectivity index (χ1v) is 13.9. The summed E-state index contributed by atoms with van der Waals surface area (Å²) >= 11 is 1.49. The van der Waals surface area contributed by atoms with Crippen molar-refractivity contribution < 1.29 is 19.1 Å². The summed E-state index contributed by atoms with van der Waals surface area (Å²) in [6.07, 6.45) is 5.21. The lowest BCUT2D eigenvalue weighted by atomic mass is 9.77. The summed E-state index contributed by atoms with van der Waals surface area (Å²) in [4.78, 5) is 26.0. The van der Waals surface area contributed by atoms with Crippen molar-refractivity contribution in [1.82, 2.24) is 4.37 Å². The first-order chi connectivity index (χ1) is 17.9. The Morgan fingerprint density at radius 1 is 1.00 bits per heavy atom. The maximum Gasteiger partial charge on any atom is 0.412 e. The van der Waals surface area contributed by atoms with Gasteiger partial charge in [-0.3, -0.25) is 10.1 Å². The Labute approximate surface area is 222 Å². The molecule has 0 radical (unpaired) electrons. The predicted octanol–water partition coefficient (Wildman–Crippen LogP) is 7.41. The van der Waals surface area contributed by atoms with Crippen molar-refractivity contribution in [2.75, 3.05) is 12.4 Å². The molecule has 0 aliphatic heterocycles. The van der Waals surface area contributed by atoms with Gasteiger partial charge in [-0.2, -0.15) is 4.37 Å². The van der Waals surface area contributed by atoms with Crippen LogP contribution in [0.4, 0.5) is 10.5 Å². The van der Waals surface area contributed by atoms with Gasteiger partial charge >= 0.3 is 12.1 Å². The van der Waals surface area contributed by atoms with Gasteiger partial charge < -0.3 is 9.47 Å². The van der Waals surface area contributed by atoms with E-state index >= 15 is 0 Å². The number of amides is 1. The van der Waals surface area contributed by atoms with Crippen LogP contribution >= 0.6 is 11.5 Å². The van der Waals surface area contributed by atoms with Crippen LogP contribution in [0, 0.1) is 6.92 Å². The fourth-order valence-corrected chi connectivity index (χ4v) is 6.60. The predicted molar refractivity (Wildman–Crippen MR) is 145 cm³/mol. The highest BCUT2D eigenvalue weighted by Gasteiger charge is 2.52. The third-order valence-corrected chi connectivity index (χ3v) is 9.13. The van der Waals surface area contributed by atoms with Crippen molar-refractivity contribution in [2.45, 2.75) is 75.7 Å². The van der Waals surface area contributed by atoms with Crippen molar-refractivity contribution in [3.05, 3.63) is 81.9 Å². The molecular weight excluding hydrogens is 484 g/mol. The van der Waals surface area contributed by atoms with Crippen molar-refractivity contribution >= 4 is 29.3 Å². The number of aryl methyl sites for hydroxylation is 1. The average molecular weight is 519 g/mol. The van der Waals surface area contributed by atoms with Crippen LogP contribution in [0.15, 0.2) is 54.6 Å². The zero-order valence-corrected chi connectivity index (χ0v) is 22.5. The lowest BCUT2D eigenvalue weighted by molar-refractivity contribution is -0.143. The molecule has 0 bridgehead atoms. The largest absolute Gasteiger partial charge is 0.468 e. The molecule has 2 aliphatic rings. The summed E-state index contributed by atoms with van der Waals surface area (Å²) in [5, 5.41) is 2.99. The standard InChI is InChI=1S/C30H34N2O4S/c1-19-26(31-29(34)36-20(2)21-7-5-4-6-8-21)27(37-32-19)24-11-9-22(10-12-24)23-13-15-25(16-14-23)30(17-18-30)28(33)35-3/h4-8,13-16,20,22,24H,9-12,17-18H2,1-3H3,(H,31,34)/t20-,22?,24?/m1/s1. The Morgan fingerprint density at radius 3 is 2.27 bits per heavy atom. The minimum atomic E-state index is -0.449. The van der Waals surface area contributed by atoms with E-state index in [4.69, 9.17) is 9.47 Å². The fourth-order valence-electron chi connectivity index (χ4n) is 5.60. The molecule has 2 aromatic carbocycles. The second-order valence-electron chi connectivity index (χ2n) is 10.3. The highest BCUT2D eigenvalue weighted by atomic mass is 32.1.